The zero-order valence-electron chi connectivity index (χ0n) is 14.1. The molecular formula is C17H23N5OS. The molecule has 24 heavy (non-hydrogen) atoms. The van der Waals surface area contributed by atoms with Crippen molar-refractivity contribution in [1.29, 1.82) is 0 Å². The summed E-state index contributed by atoms with van der Waals surface area (Å²) in [7, 11) is 3.46. The first-order chi connectivity index (χ1) is 11.8. The summed E-state index contributed by atoms with van der Waals surface area (Å²) in [5, 5.41) is 6.87. The molecule has 0 radical (unpaired) electrons. The van der Waals surface area contributed by atoms with Gasteiger partial charge in [0.15, 0.2) is 5.96 Å². The predicted octanol–water partition coefficient (Wildman–Crippen LogP) is 2.05. The summed E-state index contributed by atoms with van der Waals surface area (Å²) in [4.78, 5) is 13.6. The van der Waals surface area contributed by atoms with Crippen molar-refractivity contribution in [3.8, 4) is 5.88 Å². The topological polar surface area (TPSA) is 53.0 Å². The summed E-state index contributed by atoms with van der Waals surface area (Å²) < 4.78 is 5.17. The molecule has 6 nitrogen and oxygen atoms in total. The molecule has 7 heteroatoms. The van der Waals surface area contributed by atoms with Crippen LogP contribution in [0.3, 0.4) is 0 Å². The third-order valence-corrected chi connectivity index (χ3v) is 4.96. The van der Waals surface area contributed by atoms with Gasteiger partial charge in [-0.05, 0) is 23.6 Å². The molecule has 2 aromatic rings. The highest BCUT2D eigenvalue weighted by molar-refractivity contribution is 7.14. The molecule has 1 aliphatic rings. The highest BCUT2D eigenvalue weighted by atomic mass is 32.1. The summed E-state index contributed by atoms with van der Waals surface area (Å²) >= 11 is 1.80. The van der Waals surface area contributed by atoms with Gasteiger partial charge >= 0.3 is 0 Å². The molecule has 1 saturated heterocycles. The molecule has 3 rings (SSSR count). The van der Waals surface area contributed by atoms with E-state index in [0.717, 1.165) is 37.8 Å². The van der Waals surface area contributed by atoms with Crippen LogP contribution < -0.4 is 15.0 Å². The number of piperazine rings is 1. The Bertz CT molecular complexity index is 665. The first-order valence-electron chi connectivity index (χ1n) is 8.04. The van der Waals surface area contributed by atoms with Gasteiger partial charge in [-0.3, -0.25) is 4.99 Å². The van der Waals surface area contributed by atoms with Crippen LogP contribution in [0.2, 0.25) is 0 Å². The third kappa shape index (κ3) is 3.97. The van der Waals surface area contributed by atoms with Crippen molar-refractivity contribution < 1.29 is 4.74 Å². The van der Waals surface area contributed by atoms with Gasteiger partial charge in [0.05, 0.1) is 24.3 Å². The van der Waals surface area contributed by atoms with Gasteiger partial charge in [-0.1, -0.05) is 6.07 Å². The number of hydrogen-bond acceptors (Lipinski definition) is 5. The number of nitrogens with one attached hydrogen (secondary N) is 1. The number of hydrogen-bond donors (Lipinski definition) is 1. The number of guanidine groups is 1. The normalized spacial score (nSPS) is 15.5. The molecule has 2 aromatic heterocycles. The Morgan fingerprint density at radius 2 is 2.08 bits per heavy atom. The Hall–Kier alpha value is -2.28. The van der Waals surface area contributed by atoms with Gasteiger partial charge in [-0.15, -0.1) is 11.3 Å². The first-order valence-corrected chi connectivity index (χ1v) is 8.92. The summed E-state index contributed by atoms with van der Waals surface area (Å²) in [6, 6.07) is 10.1. The number of thiophene rings is 1. The predicted molar refractivity (Wildman–Crippen MR) is 99.1 cm³/mol. The minimum atomic E-state index is 0.633. The van der Waals surface area contributed by atoms with Crippen molar-refractivity contribution in [3.05, 3.63) is 41.4 Å². The maximum absolute atomic E-state index is 5.17. The number of rotatable bonds is 4. The quantitative estimate of drug-likeness (QED) is 0.679. The van der Waals surface area contributed by atoms with Crippen LogP contribution in [0.4, 0.5) is 5.00 Å². The second-order valence-electron chi connectivity index (χ2n) is 5.50. The molecule has 1 fully saturated rings. The average molecular weight is 345 g/mol. The van der Waals surface area contributed by atoms with E-state index in [1.165, 1.54) is 5.00 Å². The monoisotopic (exact) mass is 345 g/mol. The SMILES string of the molecule is CN=C(NCc1cccc(OC)n1)N1CCN(c2cccs2)CC1. The minimum Gasteiger partial charge on any atom is -0.481 e. The maximum Gasteiger partial charge on any atom is 0.213 e. The lowest BCUT2D eigenvalue weighted by molar-refractivity contribution is 0.372. The number of aromatic nitrogens is 1. The average Bonchev–Trinajstić information content (AvgIpc) is 3.18. The summed E-state index contributed by atoms with van der Waals surface area (Å²) in [5.74, 6) is 1.55. The molecule has 0 amide bonds. The molecule has 0 spiro atoms. The van der Waals surface area contributed by atoms with Gasteiger partial charge in [-0.25, -0.2) is 4.98 Å². The fourth-order valence-electron chi connectivity index (χ4n) is 2.76. The molecule has 1 aliphatic heterocycles. The van der Waals surface area contributed by atoms with E-state index >= 15 is 0 Å². The maximum atomic E-state index is 5.17. The van der Waals surface area contributed by atoms with Crippen molar-refractivity contribution in [2.24, 2.45) is 4.99 Å². The number of nitrogens with zero attached hydrogens (tertiary/aromatic N) is 4. The largest absolute Gasteiger partial charge is 0.481 e. The summed E-state index contributed by atoms with van der Waals surface area (Å²) in [6.07, 6.45) is 0. The van der Waals surface area contributed by atoms with Crippen molar-refractivity contribution in [3.63, 3.8) is 0 Å². The van der Waals surface area contributed by atoms with Crippen molar-refractivity contribution in [2.75, 3.05) is 45.2 Å². The van der Waals surface area contributed by atoms with Crippen LogP contribution in [-0.2, 0) is 6.54 Å². The number of methoxy groups -OCH3 is 1. The summed E-state index contributed by atoms with van der Waals surface area (Å²) in [5.41, 5.74) is 0.938. The second kappa shape index (κ2) is 8.01. The molecule has 0 aliphatic carbocycles. The Kier molecular flexibility index (Phi) is 5.53. The molecule has 0 bridgehead atoms. The highest BCUT2D eigenvalue weighted by Crippen LogP contribution is 2.22. The van der Waals surface area contributed by atoms with Gasteiger partial charge in [0.1, 0.15) is 0 Å². The third-order valence-electron chi connectivity index (χ3n) is 4.03. The van der Waals surface area contributed by atoms with Crippen LogP contribution >= 0.6 is 11.3 Å². The summed E-state index contributed by atoms with van der Waals surface area (Å²) in [6.45, 7) is 4.58. The zero-order valence-corrected chi connectivity index (χ0v) is 14.9. The lowest BCUT2D eigenvalue weighted by Crippen LogP contribution is -2.52. The van der Waals surface area contributed by atoms with E-state index in [1.54, 1.807) is 18.4 Å². The standard InChI is InChI=1S/C17H23N5OS/c1-18-17(19-13-14-5-3-6-15(20-14)23-2)22-10-8-21(9-11-22)16-7-4-12-24-16/h3-7,12H,8-11,13H2,1-2H3,(H,18,19). The molecule has 0 aromatic carbocycles. The van der Waals surface area contributed by atoms with Gasteiger partial charge in [0.2, 0.25) is 5.88 Å². The van der Waals surface area contributed by atoms with Crippen LogP contribution in [0.15, 0.2) is 40.7 Å². The second-order valence-corrected chi connectivity index (χ2v) is 6.42. The Labute approximate surface area is 146 Å². The van der Waals surface area contributed by atoms with Crippen molar-refractivity contribution in [1.82, 2.24) is 15.2 Å². The van der Waals surface area contributed by atoms with Crippen LogP contribution in [0.1, 0.15) is 5.69 Å². The Balaban J connectivity index is 1.53. The van der Waals surface area contributed by atoms with E-state index in [9.17, 15) is 0 Å². The highest BCUT2D eigenvalue weighted by Gasteiger charge is 2.20. The fraction of sp³-hybridized carbons (Fsp3) is 0.412. The number of aliphatic imine (C=N–C) groups is 1. The van der Waals surface area contributed by atoms with Gasteiger partial charge in [0.25, 0.3) is 0 Å². The fourth-order valence-corrected chi connectivity index (χ4v) is 3.55. The Morgan fingerprint density at radius 3 is 2.75 bits per heavy atom. The van der Waals surface area contributed by atoms with Gasteiger partial charge in [-0.2, -0.15) is 0 Å². The van der Waals surface area contributed by atoms with E-state index < -0.39 is 0 Å². The number of pyridine rings is 1. The number of ether oxygens (including phenoxy) is 1. The van der Waals surface area contributed by atoms with Crippen molar-refractivity contribution >= 4 is 22.3 Å². The zero-order chi connectivity index (χ0) is 16.8. The van der Waals surface area contributed by atoms with Crippen LogP contribution in [0.5, 0.6) is 5.88 Å². The van der Waals surface area contributed by atoms with Gasteiger partial charge in [0, 0.05) is 39.3 Å². The van der Waals surface area contributed by atoms with Crippen molar-refractivity contribution in [2.45, 2.75) is 6.54 Å². The van der Waals surface area contributed by atoms with Crippen LogP contribution in [-0.4, -0.2) is 56.2 Å². The molecule has 128 valence electrons. The molecule has 0 saturated carbocycles. The molecular weight excluding hydrogens is 322 g/mol. The van der Waals surface area contributed by atoms with Gasteiger partial charge < -0.3 is 19.9 Å². The van der Waals surface area contributed by atoms with Crippen LogP contribution in [0.25, 0.3) is 0 Å². The van der Waals surface area contributed by atoms with E-state index in [4.69, 9.17) is 4.74 Å². The smallest absolute Gasteiger partial charge is 0.213 e. The lowest BCUT2D eigenvalue weighted by atomic mass is 10.3. The number of anilines is 1. The first kappa shape index (κ1) is 16.6. The van der Waals surface area contributed by atoms with E-state index in [2.05, 4.69) is 42.6 Å². The van der Waals surface area contributed by atoms with E-state index in [-0.39, 0.29) is 0 Å². The molecule has 0 atom stereocenters. The molecule has 0 unspecified atom stereocenters. The lowest BCUT2D eigenvalue weighted by Gasteiger charge is -2.37. The molecule has 3 heterocycles. The molecule has 1 N–H and O–H groups in total. The Morgan fingerprint density at radius 1 is 1.25 bits per heavy atom. The minimum absolute atomic E-state index is 0.633. The van der Waals surface area contributed by atoms with E-state index in [0.29, 0.717) is 12.4 Å². The van der Waals surface area contributed by atoms with E-state index in [1.807, 2.05) is 25.2 Å². The van der Waals surface area contributed by atoms with Crippen LogP contribution in [0, 0.1) is 0 Å².